The first-order valence-electron chi connectivity index (χ1n) is 10.3. The first-order valence-corrected chi connectivity index (χ1v) is 10.7. The van der Waals surface area contributed by atoms with Gasteiger partial charge in [-0.1, -0.05) is 66.7 Å². The van der Waals surface area contributed by atoms with Crippen LogP contribution in [0.3, 0.4) is 0 Å². The summed E-state index contributed by atoms with van der Waals surface area (Å²) in [6.45, 7) is -0.202. The molecule has 0 aliphatic rings. The number of thiocarbonyl (C=S) groups is 1. The summed E-state index contributed by atoms with van der Waals surface area (Å²) in [4.78, 5) is 25.1. The SMILES string of the molecule is O=C(COc1cccc2ccccc12)NC(=S)Nc1ccccc1C(=O)Nc1ccccc1. The molecule has 0 heterocycles. The van der Waals surface area contributed by atoms with Gasteiger partial charge in [0.25, 0.3) is 11.8 Å². The summed E-state index contributed by atoms with van der Waals surface area (Å²) in [5, 5.41) is 10.4. The Morgan fingerprint density at radius 2 is 1.45 bits per heavy atom. The second kappa shape index (κ2) is 10.4. The summed E-state index contributed by atoms with van der Waals surface area (Å²) in [5.74, 6) is -0.0885. The highest BCUT2D eigenvalue weighted by atomic mass is 32.1. The topological polar surface area (TPSA) is 79.5 Å². The van der Waals surface area contributed by atoms with Crippen molar-refractivity contribution >= 4 is 51.3 Å². The van der Waals surface area contributed by atoms with Gasteiger partial charge < -0.3 is 15.4 Å². The zero-order valence-electron chi connectivity index (χ0n) is 17.6. The number of ether oxygens (including phenoxy) is 1. The summed E-state index contributed by atoms with van der Waals surface area (Å²) in [6, 6.07) is 29.5. The van der Waals surface area contributed by atoms with Crippen LogP contribution in [-0.2, 0) is 4.79 Å². The molecule has 4 rings (SSSR count). The van der Waals surface area contributed by atoms with Crippen LogP contribution in [0.5, 0.6) is 5.75 Å². The van der Waals surface area contributed by atoms with Crippen molar-refractivity contribution in [3.8, 4) is 5.75 Å². The second-order valence-electron chi connectivity index (χ2n) is 7.13. The molecule has 0 aliphatic heterocycles. The monoisotopic (exact) mass is 455 g/mol. The fraction of sp³-hybridized carbons (Fsp3) is 0.0385. The van der Waals surface area contributed by atoms with Crippen molar-refractivity contribution in [2.45, 2.75) is 0 Å². The van der Waals surface area contributed by atoms with Crippen molar-refractivity contribution in [3.05, 3.63) is 103 Å². The number of carbonyl (C=O) groups is 2. The number of nitrogens with one attached hydrogen (secondary N) is 3. The Morgan fingerprint density at radius 1 is 0.758 bits per heavy atom. The molecule has 6 nitrogen and oxygen atoms in total. The van der Waals surface area contributed by atoms with Crippen LogP contribution >= 0.6 is 12.2 Å². The minimum atomic E-state index is -0.411. The lowest BCUT2D eigenvalue weighted by Gasteiger charge is -2.14. The standard InChI is InChI=1S/C26H21N3O3S/c30-24(17-32-23-16-8-10-18-9-4-5-13-20(18)23)29-26(33)28-22-15-7-6-14-21(22)25(31)27-19-11-2-1-3-12-19/h1-16H,17H2,(H,27,31)(H2,28,29,30,33). The number of fused-ring (bicyclic) bond motifs is 1. The Labute approximate surface area is 196 Å². The van der Waals surface area contributed by atoms with E-state index in [1.807, 2.05) is 60.7 Å². The number of hydrogen-bond acceptors (Lipinski definition) is 4. The molecule has 2 amide bonds. The number of amides is 2. The van der Waals surface area contributed by atoms with Gasteiger partial charge in [0, 0.05) is 11.1 Å². The van der Waals surface area contributed by atoms with E-state index >= 15 is 0 Å². The van der Waals surface area contributed by atoms with Crippen molar-refractivity contribution in [1.29, 1.82) is 0 Å². The molecule has 0 atom stereocenters. The number of anilines is 2. The van der Waals surface area contributed by atoms with E-state index in [4.69, 9.17) is 17.0 Å². The Balaban J connectivity index is 1.36. The van der Waals surface area contributed by atoms with E-state index in [0.717, 1.165) is 10.8 Å². The van der Waals surface area contributed by atoms with Gasteiger partial charge in [-0.15, -0.1) is 0 Å². The van der Waals surface area contributed by atoms with E-state index in [1.54, 1.807) is 36.4 Å². The molecule has 0 saturated carbocycles. The van der Waals surface area contributed by atoms with Crippen molar-refractivity contribution < 1.29 is 14.3 Å². The number of benzene rings is 4. The van der Waals surface area contributed by atoms with E-state index in [2.05, 4.69) is 16.0 Å². The second-order valence-corrected chi connectivity index (χ2v) is 7.54. The van der Waals surface area contributed by atoms with Crippen LogP contribution in [0.2, 0.25) is 0 Å². The molecule has 4 aromatic rings. The van der Waals surface area contributed by atoms with Gasteiger partial charge in [0.05, 0.1) is 11.3 Å². The minimum Gasteiger partial charge on any atom is -0.483 e. The van der Waals surface area contributed by atoms with Gasteiger partial charge in [0.15, 0.2) is 11.7 Å². The van der Waals surface area contributed by atoms with E-state index in [9.17, 15) is 9.59 Å². The van der Waals surface area contributed by atoms with E-state index < -0.39 is 5.91 Å². The molecule has 0 radical (unpaired) electrons. The zero-order chi connectivity index (χ0) is 23.0. The van der Waals surface area contributed by atoms with Crippen LogP contribution in [0.1, 0.15) is 10.4 Å². The van der Waals surface area contributed by atoms with E-state index in [-0.39, 0.29) is 17.6 Å². The summed E-state index contributed by atoms with van der Waals surface area (Å²) in [6.07, 6.45) is 0. The Kier molecular flexibility index (Phi) is 6.92. The number of carbonyl (C=O) groups excluding carboxylic acids is 2. The molecule has 0 bridgehead atoms. The van der Waals surface area contributed by atoms with Crippen molar-refractivity contribution in [2.24, 2.45) is 0 Å². The normalized spacial score (nSPS) is 10.3. The van der Waals surface area contributed by atoms with Crippen LogP contribution < -0.4 is 20.7 Å². The summed E-state index contributed by atoms with van der Waals surface area (Å²) >= 11 is 5.27. The summed E-state index contributed by atoms with van der Waals surface area (Å²) in [7, 11) is 0. The van der Waals surface area contributed by atoms with Crippen molar-refractivity contribution in [1.82, 2.24) is 5.32 Å². The molecule has 33 heavy (non-hydrogen) atoms. The molecule has 0 fully saturated rings. The molecular weight excluding hydrogens is 434 g/mol. The average Bonchev–Trinajstić information content (AvgIpc) is 2.83. The van der Waals surface area contributed by atoms with Crippen molar-refractivity contribution in [3.63, 3.8) is 0 Å². The molecule has 0 spiro atoms. The number of para-hydroxylation sites is 2. The average molecular weight is 456 g/mol. The number of hydrogen-bond donors (Lipinski definition) is 3. The van der Waals surface area contributed by atoms with Crippen LogP contribution in [0.4, 0.5) is 11.4 Å². The highest BCUT2D eigenvalue weighted by Crippen LogP contribution is 2.25. The maximum Gasteiger partial charge on any atom is 0.264 e. The highest BCUT2D eigenvalue weighted by molar-refractivity contribution is 7.80. The maximum absolute atomic E-state index is 12.7. The van der Waals surface area contributed by atoms with Crippen LogP contribution in [-0.4, -0.2) is 23.5 Å². The Morgan fingerprint density at radius 3 is 2.30 bits per heavy atom. The number of rotatable bonds is 6. The smallest absolute Gasteiger partial charge is 0.264 e. The quantitative estimate of drug-likeness (QED) is 0.357. The first-order chi connectivity index (χ1) is 16.1. The summed E-state index contributed by atoms with van der Waals surface area (Å²) < 4.78 is 5.70. The zero-order valence-corrected chi connectivity index (χ0v) is 18.4. The molecule has 3 N–H and O–H groups in total. The van der Waals surface area contributed by atoms with Crippen LogP contribution in [0.15, 0.2) is 97.1 Å². The molecule has 0 aromatic heterocycles. The van der Waals surface area contributed by atoms with Crippen molar-refractivity contribution in [2.75, 3.05) is 17.2 Å². The highest BCUT2D eigenvalue weighted by Gasteiger charge is 2.14. The fourth-order valence-electron chi connectivity index (χ4n) is 3.29. The van der Waals surface area contributed by atoms with E-state index in [1.165, 1.54) is 0 Å². The molecule has 164 valence electrons. The molecular formula is C26H21N3O3S. The first kappa shape index (κ1) is 22.0. The van der Waals surface area contributed by atoms with Gasteiger partial charge in [-0.3, -0.25) is 14.9 Å². The third-order valence-corrected chi connectivity index (χ3v) is 5.02. The Hall–Kier alpha value is -4.23. The van der Waals surface area contributed by atoms with Gasteiger partial charge in [0.2, 0.25) is 0 Å². The Bertz CT molecular complexity index is 1300. The third kappa shape index (κ3) is 5.72. The lowest BCUT2D eigenvalue weighted by Crippen LogP contribution is -2.37. The molecule has 0 saturated heterocycles. The van der Waals surface area contributed by atoms with Gasteiger partial charge in [0.1, 0.15) is 5.75 Å². The van der Waals surface area contributed by atoms with Gasteiger partial charge in [-0.25, -0.2) is 0 Å². The van der Waals surface area contributed by atoms with E-state index in [0.29, 0.717) is 22.7 Å². The molecule has 7 heteroatoms. The summed E-state index contributed by atoms with van der Waals surface area (Å²) in [5.41, 5.74) is 1.55. The molecule has 0 unspecified atom stereocenters. The molecule has 0 aliphatic carbocycles. The van der Waals surface area contributed by atoms with Crippen LogP contribution in [0, 0.1) is 0 Å². The lowest BCUT2D eigenvalue weighted by atomic mass is 10.1. The molecule has 4 aromatic carbocycles. The fourth-order valence-corrected chi connectivity index (χ4v) is 3.51. The van der Waals surface area contributed by atoms with Crippen LogP contribution in [0.25, 0.3) is 10.8 Å². The van der Waals surface area contributed by atoms with Gasteiger partial charge in [-0.05, 0) is 47.9 Å². The minimum absolute atomic E-state index is 0.0708. The predicted octanol–water partition coefficient (Wildman–Crippen LogP) is 4.98. The third-order valence-electron chi connectivity index (χ3n) is 4.81. The lowest BCUT2D eigenvalue weighted by molar-refractivity contribution is -0.121. The predicted molar refractivity (Wildman–Crippen MR) is 135 cm³/mol. The largest absolute Gasteiger partial charge is 0.483 e. The van der Waals surface area contributed by atoms with Gasteiger partial charge >= 0.3 is 0 Å². The maximum atomic E-state index is 12.7. The van der Waals surface area contributed by atoms with Gasteiger partial charge in [-0.2, -0.15) is 0 Å².